The summed E-state index contributed by atoms with van der Waals surface area (Å²) in [7, 11) is 0. The second-order valence-corrected chi connectivity index (χ2v) is 5.92. The van der Waals surface area contributed by atoms with E-state index in [2.05, 4.69) is 24.4 Å². The van der Waals surface area contributed by atoms with Crippen LogP contribution in [-0.2, 0) is 9.59 Å². The number of rotatable bonds is 9. The Balaban J connectivity index is 1.84. The minimum atomic E-state index is -0.522. The summed E-state index contributed by atoms with van der Waals surface area (Å²) in [5.41, 5.74) is 7.12. The third kappa shape index (κ3) is 6.43. The van der Waals surface area contributed by atoms with E-state index in [4.69, 9.17) is 10.5 Å². The van der Waals surface area contributed by atoms with E-state index in [9.17, 15) is 9.59 Å². The van der Waals surface area contributed by atoms with Crippen LogP contribution in [0.2, 0.25) is 0 Å². The number of benzene rings is 2. The molecule has 0 bridgehead atoms. The quantitative estimate of drug-likeness (QED) is 0.681. The van der Waals surface area contributed by atoms with Crippen LogP contribution < -0.4 is 15.8 Å². The average Bonchev–Trinajstić information content (AvgIpc) is 2.67. The zero-order valence-corrected chi connectivity index (χ0v) is 14.9. The molecular weight excluding hydrogens is 328 g/mol. The van der Waals surface area contributed by atoms with Crippen molar-refractivity contribution in [3.8, 4) is 5.75 Å². The fourth-order valence-corrected chi connectivity index (χ4v) is 2.51. The van der Waals surface area contributed by atoms with Crippen LogP contribution >= 0.6 is 0 Å². The highest BCUT2D eigenvalue weighted by molar-refractivity contribution is 5.91. The van der Waals surface area contributed by atoms with Gasteiger partial charge in [-0.2, -0.15) is 0 Å². The number of nitrogens with one attached hydrogen (secondary N) is 1. The van der Waals surface area contributed by atoms with Gasteiger partial charge in [-0.3, -0.25) is 9.59 Å². The van der Waals surface area contributed by atoms with E-state index < -0.39 is 5.91 Å². The van der Waals surface area contributed by atoms with Crippen molar-refractivity contribution in [2.75, 3.05) is 13.2 Å². The Morgan fingerprint density at radius 1 is 1.12 bits per heavy atom. The van der Waals surface area contributed by atoms with E-state index in [1.165, 1.54) is 11.6 Å². The van der Waals surface area contributed by atoms with Crippen LogP contribution in [0, 0.1) is 0 Å². The molecule has 0 fully saturated rings. The molecule has 2 rings (SSSR count). The minimum Gasteiger partial charge on any atom is -0.484 e. The van der Waals surface area contributed by atoms with E-state index in [1.807, 2.05) is 18.2 Å². The third-order valence-electron chi connectivity index (χ3n) is 3.97. The molecule has 0 saturated carbocycles. The van der Waals surface area contributed by atoms with E-state index >= 15 is 0 Å². The first kappa shape index (κ1) is 19.2. The number of primary amides is 1. The topological polar surface area (TPSA) is 81.4 Å². The van der Waals surface area contributed by atoms with Crippen LogP contribution in [0.1, 0.15) is 30.4 Å². The minimum absolute atomic E-state index is 0.131. The predicted octanol–water partition coefficient (Wildman–Crippen LogP) is 2.87. The molecule has 0 spiro atoms. The summed E-state index contributed by atoms with van der Waals surface area (Å²) < 4.78 is 5.19. The van der Waals surface area contributed by atoms with Gasteiger partial charge in [-0.25, -0.2) is 0 Å². The van der Waals surface area contributed by atoms with E-state index in [0.717, 1.165) is 12.0 Å². The van der Waals surface area contributed by atoms with Gasteiger partial charge in [-0.15, -0.1) is 0 Å². The number of carbonyl (C=O) groups excluding carboxylic acids is 2. The Morgan fingerprint density at radius 3 is 2.42 bits per heavy atom. The lowest BCUT2D eigenvalue weighted by atomic mass is 9.96. The molecule has 0 saturated heterocycles. The highest BCUT2D eigenvalue weighted by atomic mass is 16.5. The molecule has 0 unspecified atom stereocenters. The van der Waals surface area contributed by atoms with Gasteiger partial charge in [0.1, 0.15) is 5.75 Å². The zero-order chi connectivity index (χ0) is 18.8. The van der Waals surface area contributed by atoms with Gasteiger partial charge in [0, 0.05) is 18.5 Å². The maximum atomic E-state index is 12.0. The van der Waals surface area contributed by atoms with Gasteiger partial charge in [0.25, 0.3) is 5.91 Å². The molecule has 0 aliphatic rings. The largest absolute Gasteiger partial charge is 0.484 e. The van der Waals surface area contributed by atoms with Gasteiger partial charge in [0.05, 0.1) is 0 Å². The third-order valence-corrected chi connectivity index (χ3v) is 3.97. The van der Waals surface area contributed by atoms with Crippen LogP contribution in [-0.4, -0.2) is 25.0 Å². The lowest BCUT2D eigenvalue weighted by Gasteiger charge is -2.15. The number of carbonyl (C=O) groups is 2. The number of hydrogen-bond donors (Lipinski definition) is 2. The molecule has 26 heavy (non-hydrogen) atoms. The van der Waals surface area contributed by atoms with E-state index in [-0.39, 0.29) is 12.5 Å². The van der Waals surface area contributed by atoms with Crippen molar-refractivity contribution in [2.24, 2.45) is 5.73 Å². The number of nitrogens with two attached hydrogens (primary N) is 1. The van der Waals surface area contributed by atoms with Crippen molar-refractivity contribution in [3.05, 3.63) is 71.8 Å². The Labute approximate surface area is 153 Å². The molecule has 5 heteroatoms. The molecule has 0 aliphatic heterocycles. The Kier molecular flexibility index (Phi) is 7.43. The average molecular weight is 352 g/mol. The van der Waals surface area contributed by atoms with Crippen LogP contribution in [0.3, 0.4) is 0 Å². The Bertz CT molecular complexity index is 740. The first-order valence-corrected chi connectivity index (χ1v) is 8.60. The van der Waals surface area contributed by atoms with Crippen molar-refractivity contribution in [2.45, 2.75) is 19.3 Å². The SMILES string of the molecule is CC[C@H](CNC(=O)/C=C/c1ccc(OCC(N)=O)cc1)c1ccccc1. The van der Waals surface area contributed by atoms with Crippen molar-refractivity contribution in [1.29, 1.82) is 0 Å². The molecule has 0 heterocycles. The van der Waals surface area contributed by atoms with Gasteiger partial charge < -0.3 is 15.8 Å². The van der Waals surface area contributed by atoms with Gasteiger partial charge in [-0.1, -0.05) is 49.4 Å². The van der Waals surface area contributed by atoms with Gasteiger partial charge in [0.2, 0.25) is 5.91 Å². The molecule has 2 aromatic rings. The van der Waals surface area contributed by atoms with E-state index in [0.29, 0.717) is 18.2 Å². The van der Waals surface area contributed by atoms with Crippen LogP contribution in [0.25, 0.3) is 6.08 Å². The first-order valence-electron chi connectivity index (χ1n) is 8.60. The highest BCUT2D eigenvalue weighted by Crippen LogP contribution is 2.18. The summed E-state index contributed by atoms with van der Waals surface area (Å²) in [5, 5.41) is 2.94. The van der Waals surface area contributed by atoms with Crippen LogP contribution in [0.5, 0.6) is 5.75 Å². The fourth-order valence-electron chi connectivity index (χ4n) is 2.51. The van der Waals surface area contributed by atoms with Crippen molar-refractivity contribution in [3.63, 3.8) is 0 Å². The van der Waals surface area contributed by atoms with Crippen molar-refractivity contribution < 1.29 is 14.3 Å². The smallest absolute Gasteiger partial charge is 0.255 e. The molecule has 1 atom stereocenters. The molecule has 2 aromatic carbocycles. The Morgan fingerprint density at radius 2 is 1.81 bits per heavy atom. The molecule has 0 radical (unpaired) electrons. The number of hydrogen-bond acceptors (Lipinski definition) is 3. The van der Waals surface area contributed by atoms with E-state index in [1.54, 1.807) is 30.3 Å². The normalized spacial score (nSPS) is 11.9. The maximum absolute atomic E-state index is 12.0. The lowest BCUT2D eigenvalue weighted by molar-refractivity contribution is -0.120. The molecule has 0 aliphatic carbocycles. The maximum Gasteiger partial charge on any atom is 0.255 e. The summed E-state index contributed by atoms with van der Waals surface area (Å²) in [6.45, 7) is 2.56. The molecule has 5 nitrogen and oxygen atoms in total. The van der Waals surface area contributed by atoms with Crippen LogP contribution in [0.4, 0.5) is 0 Å². The molecule has 3 N–H and O–H groups in total. The summed E-state index contributed by atoms with van der Waals surface area (Å²) in [6, 6.07) is 17.2. The number of ether oxygens (including phenoxy) is 1. The standard InChI is InChI=1S/C21H24N2O3/c1-2-17(18-6-4-3-5-7-18)14-23-21(25)13-10-16-8-11-19(12-9-16)26-15-20(22)24/h3-13,17H,2,14-15H2,1H3,(H2,22,24)(H,23,25)/b13-10+/t17-/m1/s1. The van der Waals surface area contributed by atoms with Gasteiger partial charge in [-0.05, 0) is 35.8 Å². The monoisotopic (exact) mass is 352 g/mol. The summed E-state index contributed by atoms with van der Waals surface area (Å²) in [5.74, 6) is 0.203. The zero-order valence-electron chi connectivity index (χ0n) is 14.9. The van der Waals surface area contributed by atoms with Crippen molar-refractivity contribution in [1.82, 2.24) is 5.32 Å². The summed E-state index contributed by atoms with van der Waals surface area (Å²) in [4.78, 5) is 22.7. The predicted molar refractivity (Wildman–Crippen MR) is 103 cm³/mol. The summed E-state index contributed by atoms with van der Waals surface area (Å²) >= 11 is 0. The summed E-state index contributed by atoms with van der Waals surface area (Å²) in [6.07, 6.45) is 4.20. The first-order chi connectivity index (χ1) is 12.6. The molecule has 0 aromatic heterocycles. The highest BCUT2D eigenvalue weighted by Gasteiger charge is 2.09. The fraction of sp³-hybridized carbons (Fsp3) is 0.238. The number of amides is 2. The second-order valence-electron chi connectivity index (χ2n) is 5.92. The molecular formula is C21H24N2O3. The lowest BCUT2D eigenvalue weighted by Crippen LogP contribution is -2.26. The Hall–Kier alpha value is -3.08. The van der Waals surface area contributed by atoms with Crippen LogP contribution in [0.15, 0.2) is 60.7 Å². The van der Waals surface area contributed by atoms with Gasteiger partial charge >= 0.3 is 0 Å². The van der Waals surface area contributed by atoms with Gasteiger partial charge in [0.15, 0.2) is 6.61 Å². The van der Waals surface area contributed by atoms with Crippen molar-refractivity contribution >= 4 is 17.9 Å². The molecule has 2 amide bonds. The second kappa shape index (κ2) is 10.0. The molecule has 136 valence electrons.